The maximum absolute atomic E-state index is 5.93. The van der Waals surface area contributed by atoms with Crippen LogP contribution in [0.25, 0.3) is 0 Å². The second-order valence-electron chi connectivity index (χ2n) is 5.73. The number of nitrogens with zero attached hydrogens (tertiary/aromatic N) is 1. The van der Waals surface area contributed by atoms with Gasteiger partial charge in [-0.15, -0.1) is 0 Å². The number of hydrogen-bond acceptors (Lipinski definition) is 4. The predicted octanol–water partition coefficient (Wildman–Crippen LogP) is 2.67. The van der Waals surface area contributed by atoms with Crippen molar-refractivity contribution in [1.29, 1.82) is 0 Å². The summed E-state index contributed by atoms with van der Waals surface area (Å²) in [6, 6.07) is 0. The molecule has 4 heteroatoms. The van der Waals surface area contributed by atoms with Crippen LogP contribution in [0.2, 0.25) is 0 Å². The molecule has 0 unspecified atom stereocenters. The van der Waals surface area contributed by atoms with Gasteiger partial charge in [-0.25, -0.2) is 4.98 Å². The molecule has 0 aliphatic heterocycles. The zero-order valence-electron chi connectivity index (χ0n) is 12.2. The van der Waals surface area contributed by atoms with E-state index in [0.717, 1.165) is 44.2 Å². The molecule has 0 aromatic carbocycles. The van der Waals surface area contributed by atoms with Crippen LogP contribution in [-0.4, -0.2) is 31.8 Å². The first-order chi connectivity index (χ1) is 9.24. The van der Waals surface area contributed by atoms with E-state index in [2.05, 4.69) is 17.2 Å². The van der Waals surface area contributed by atoms with Gasteiger partial charge in [-0.2, -0.15) is 0 Å². The summed E-state index contributed by atoms with van der Waals surface area (Å²) in [5.74, 6) is 1.98. The molecule has 1 N–H and O–H groups in total. The fraction of sp³-hybridized carbons (Fsp3) is 0.800. The molecular formula is C15H26N2O2. The normalized spacial score (nSPS) is 18.0. The van der Waals surface area contributed by atoms with Crippen LogP contribution in [0, 0.1) is 0 Å². The summed E-state index contributed by atoms with van der Waals surface area (Å²) in [5.41, 5.74) is 0.238. The lowest BCUT2D eigenvalue weighted by Gasteiger charge is -2.19. The Kier molecular flexibility index (Phi) is 5.40. The summed E-state index contributed by atoms with van der Waals surface area (Å²) in [6.07, 6.45) is 9.02. The number of nitrogens with one attached hydrogen (secondary N) is 1. The predicted molar refractivity (Wildman–Crippen MR) is 75.4 cm³/mol. The fourth-order valence-electron chi connectivity index (χ4n) is 2.77. The van der Waals surface area contributed by atoms with E-state index in [1.165, 1.54) is 25.7 Å². The Morgan fingerprint density at radius 3 is 2.89 bits per heavy atom. The Morgan fingerprint density at radius 1 is 1.37 bits per heavy atom. The lowest BCUT2D eigenvalue weighted by molar-refractivity contribution is 0.199. The molecule has 0 bridgehead atoms. The summed E-state index contributed by atoms with van der Waals surface area (Å²) < 4.78 is 10.9. The van der Waals surface area contributed by atoms with Crippen molar-refractivity contribution >= 4 is 0 Å². The van der Waals surface area contributed by atoms with Crippen LogP contribution >= 0.6 is 0 Å². The second-order valence-corrected chi connectivity index (χ2v) is 5.73. The highest BCUT2D eigenvalue weighted by atomic mass is 16.5. The van der Waals surface area contributed by atoms with Crippen LogP contribution in [0.4, 0.5) is 0 Å². The average Bonchev–Trinajstić information content (AvgIpc) is 3.03. The zero-order valence-corrected chi connectivity index (χ0v) is 12.2. The van der Waals surface area contributed by atoms with Gasteiger partial charge in [0, 0.05) is 25.5 Å². The maximum atomic E-state index is 5.93. The molecule has 2 rings (SSSR count). The Labute approximate surface area is 115 Å². The van der Waals surface area contributed by atoms with Crippen LogP contribution in [0.15, 0.2) is 10.6 Å². The van der Waals surface area contributed by atoms with Crippen molar-refractivity contribution in [3.63, 3.8) is 0 Å². The van der Waals surface area contributed by atoms with Crippen molar-refractivity contribution in [2.75, 3.05) is 26.8 Å². The number of methoxy groups -OCH3 is 1. The Hall–Kier alpha value is -0.870. The minimum absolute atomic E-state index is 0.238. The van der Waals surface area contributed by atoms with E-state index in [-0.39, 0.29) is 5.41 Å². The van der Waals surface area contributed by atoms with Gasteiger partial charge in [0.15, 0.2) is 5.89 Å². The van der Waals surface area contributed by atoms with Crippen LogP contribution in [-0.2, 0) is 16.6 Å². The van der Waals surface area contributed by atoms with Gasteiger partial charge in [0.1, 0.15) is 5.76 Å². The van der Waals surface area contributed by atoms with Crippen molar-refractivity contribution in [1.82, 2.24) is 10.3 Å². The molecule has 0 saturated heterocycles. The minimum Gasteiger partial charge on any atom is -0.445 e. The summed E-state index contributed by atoms with van der Waals surface area (Å²) in [5, 5.41) is 3.33. The van der Waals surface area contributed by atoms with E-state index >= 15 is 0 Å². The highest BCUT2D eigenvalue weighted by Crippen LogP contribution is 2.40. The number of hydrogen-bond donors (Lipinski definition) is 1. The minimum atomic E-state index is 0.238. The zero-order chi connectivity index (χ0) is 13.6. The average molecular weight is 266 g/mol. The van der Waals surface area contributed by atoms with Gasteiger partial charge in [0.2, 0.25) is 0 Å². The van der Waals surface area contributed by atoms with E-state index in [0.29, 0.717) is 0 Å². The second kappa shape index (κ2) is 7.06. The highest BCUT2D eigenvalue weighted by molar-refractivity contribution is 5.11. The molecule has 0 radical (unpaired) electrons. The SMILES string of the molecule is COCCNCCCc1ncc(C2(C)CCCC2)o1. The first-order valence-corrected chi connectivity index (χ1v) is 7.39. The molecule has 1 aliphatic rings. The van der Waals surface area contributed by atoms with Gasteiger partial charge in [-0.1, -0.05) is 19.8 Å². The standard InChI is InChI=1S/C15H26N2O2/c1-15(7-3-4-8-15)13-12-17-14(19-13)6-5-9-16-10-11-18-2/h12,16H,3-11H2,1-2H3. The van der Waals surface area contributed by atoms with Gasteiger partial charge in [-0.05, 0) is 25.8 Å². The topological polar surface area (TPSA) is 47.3 Å². The molecule has 4 nitrogen and oxygen atoms in total. The highest BCUT2D eigenvalue weighted by Gasteiger charge is 2.33. The molecule has 0 atom stereocenters. The van der Waals surface area contributed by atoms with Crippen molar-refractivity contribution < 1.29 is 9.15 Å². The molecule has 1 saturated carbocycles. The first-order valence-electron chi connectivity index (χ1n) is 7.39. The lowest BCUT2D eigenvalue weighted by atomic mass is 9.87. The Balaban J connectivity index is 1.72. The van der Waals surface area contributed by atoms with Gasteiger partial charge in [0.05, 0.1) is 12.8 Å². The number of aromatic nitrogens is 1. The van der Waals surface area contributed by atoms with E-state index in [9.17, 15) is 0 Å². The molecule has 19 heavy (non-hydrogen) atoms. The van der Waals surface area contributed by atoms with Gasteiger partial charge in [-0.3, -0.25) is 0 Å². The van der Waals surface area contributed by atoms with E-state index in [4.69, 9.17) is 9.15 Å². The van der Waals surface area contributed by atoms with E-state index < -0.39 is 0 Å². The van der Waals surface area contributed by atoms with E-state index in [1.54, 1.807) is 7.11 Å². The Morgan fingerprint density at radius 2 is 2.16 bits per heavy atom. The third-order valence-electron chi connectivity index (χ3n) is 4.08. The van der Waals surface area contributed by atoms with Crippen LogP contribution in [0.1, 0.15) is 50.7 Å². The first kappa shape index (κ1) is 14.5. The van der Waals surface area contributed by atoms with Crippen molar-refractivity contribution in [2.45, 2.75) is 50.9 Å². The smallest absolute Gasteiger partial charge is 0.194 e. The summed E-state index contributed by atoms with van der Waals surface area (Å²) >= 11 is 0. The third-order valence-corrected chi connectivity index (χ3v) is 4.08. The van der Waals surface area contributed by atoms with Crippen LogP contribution in [0.5, 0.6) is 0 Å². The molecular weight excluding hydrogens is 240 g/mol. The van der Waals surface area contributed by atoms with Crippen LogP contribution < -0.4 is 5.32 Å². The van der Waals surface area contributed by atoms with Crippen molar-refractivity contribution in [3.8, 4) is 0 Å². The van der Waals surface area contributed by atoms with Gasteiger partial charge < -0.3 is 14.5 Å². The quantitative estimate of drug-likeness (QED) is 0.735. The largest absolute Gasteiger partial charge is 0.445 e. The van der Waals surface area contributed by atoms with Crippen molar-refractivity contribution in [2.24, 2.45) is 0 Å². The lowest BCUT2D eigenvalue weighted by Crippen LogP contribution is -2.20. The molecule has 1 heterocycles. The number of ether oxygens (including phenoxy) is 1. The molecule has 1 fully saturated rings. The van der Waals surface area contributed by atoms with E-state index in [1.807, 2.05) is 6.20 Å². The van der Waals surface area contributed by atoms with Crippen molar-refractivity contribution in [3.05, 3.63) is 17.8 Å². The monoisotopic (exact) mass is 266 g/mol. The molecule has 1 aromatic heterocycles. The molecule has 1 aliphatic carbocycles. The molecule has 0 spiro atoms. The van der Waals surface area contributed by atoms with Gasteiger partial charge in [0.25, 0.3) is 0 Å². The van der Waals surface area contributed by atoms with Crippen LogP contribution in [0.3, 0.4) is 0 Å². The Bertz CT molecular complexity index is 370. The molecule has 1 aromatic rings. The number of rotatable bonds is 8. The summed E-state index contributed by atoms with van der Waals surface area (Å²) in [6.45, 7) is 4.96. The van der Waals surface area contributed by atoms with Gasteiger partial charge >= 0.3 is 0 Å². The molecule has 108 valence electrons. The number of aryl methyl sites for hydroxylation is 1. The fourth-order valence-corrected chi connectivity index (χ4v) is 2.77. The molecule has 0 amide bonds. The summed E-state index contributed by atoms with van der Waals surface area (Å²) in [4.78, 5) is 4.42. The number of oxazole rings is 1. The third kappa shape index (κ3) is 4.05. The maximum Gasteiger partial charge on any atom is 0.194 e. The summed E-state index contributed by atoms with van der Waals surface area (Å²) in [7, 11) is 1.72.